The van der Waals surface area contributed by atoms with E-state index in [-0.39, 0.29) is 0 Å². The van der Waals surface area contributed by atoms with Crippen LogP contribution in [-0.4, -0.2) is 19.5 Å². The quantitative estimate of drug-likeness (QED) is 0.180. The van der Waals surface area contributed by atoms with Gasteiger partial charge in [-0.25, -0.2) is 15.0 Å². The Kier molecular flexibility index (Phi) is 6.79. The average Bonchev–Trinajstić information content (AvgIpc) is 3.78. The van der Waals surface area contributed by atoms with E-state index in [9.17, 15) is 0 Å². The maximum Gasteiger partial charge on any atom is 0.164 e. The Hall–Kier alpha value is -7.37. The molecule has 3 aromatic heterocycles. The number of aromatic nitrogens is 4. The highest BCUT2D eigenvalue weighted by Crippen LogP contribution is 2.37. The molecular formula is C49H30N4O. The Morgan fingerprint density at radius 2 is 0.963 bits per heavy atom. The van der Waals surface area contributed by atoms with Gasteiger partial charge in [0.25, 0.3) is 0 Å². The highest BCUT2D eigenvalue weighted by Gasteiger charge is 2.18. The Morgan fingerprint density at radius 1 is 0.352 bits per heavy atom. The summed E-state index contributed by atoms with van der Waals surface area (Å²) in [5.41, 5.74) is 9.92. The molecule has 0 radical (unpaired) electrons. The molecule has 0 N–H and O–H groups in total. The normalized spacial score (nSPS) is 11.7. The summed E-state index contributed by atoms with van der Waals surface area (Å²) in [6, 6.07) is 63.4. The zero-order valence-electron chi connectivity index (χ0n) is 29.0. The number of furan rings is 1. The predicted octanol–water partition coefficient (Wildman–Crippen LogP) is 12.7. The van der Waals surface area contributed by atoms with Gasteiger partial charge >= 0.3 is 0 Å². The van der Waals surface area contributed by atoms with Gasteiger partial charge in [0, 0.05) is 43.9 Å². The SMILES string of the molecule is c1ccc(-c2ccccc2-c2nc(-c3ccc(-n4c5ccccc5c5cc6ccccc6cc54)cc3)nc(-c3ccc4c(c3)oc3ccccc34)n2)cc1. The van der Waals surface area contributed by atoms with E-state index in [1.807, 2.05) is 36.4 Å². The van der Waals surface area contributed by atoms with E-state index < -0.39 is 0 Å². The van der Waals surface area contributed by atoms with Crippen molar-refractivity contribution in [3.8, 4) is 51.0 Å². The summed E-state index contributed by atoms with van der Waals surface area (Å²) < 4.78 is 8.63. The van der Waals surface area contributed by atoms with Gasteiger partial charge in [-0.1, -0.05) is 121 Å². The molecule has 0 aliphatic rings. The minimum atomic E-state index is 0.582. The molecule has 0 fully saturated rings. The van der Waals surface area contributed by atoms with Gasteiger partial charge in [0.15, 0.2) is 17.5 Å². The van der Waals surface area contributed by atoms with Crippen LogP contribution in [0.15, 0.2) is 186 Å². The number of fused-ring (bicyclic) bond motifs is 7. The topological polar surface area (TPSA) is 56.7 Å². The first-order chi connectivity index (χ1) is 26.7. The van der Waals surface area contributed by atoms with Crippen molar-refractivity contribution in [2.24, 2.45) is 0 Å². The molecule has 0 spiro atoms. The molecule has 0 aliphatic carbocycles. The lowest BCUT2D eigenvalue weighted by Crippen LogP contribution is -2.01. The fourth-order valence-electron chi connectivity index (χ4n) is 7.86. The minimum Gasteiger partial charge on any atom is -0.456 e. The molecule has 0 unspecified atom stereocenters. The van der Waals surface area contributed by atoms with Crippen LogP contribution in [0.3, 0.4) is 0 Å². The second kappa shape index (κ2) is 12.1. The highest BCUT2D eigenvalue weighted by molar-refractivity contribution is 6.13. The molecule has 0 saturated carbocycles. The second-order valence-corrected chi connectivity index (χ2v) is 13.6. The number of hydrogen-bond acceptors (Lipinski definition) is 4. The number of para-hydroxylation sites is 2. The molecular weight excluding hydrogens is 661 g/mol. The van der Waals surface area contributed by atoms with Gasteiger partial charge in [0.2, 0.25) is 0 Å². The molecule has 0 saturated heterocycles. The lowest BCUT2D eigenvalue weighted by molar-refractivity contribution is 0.669. The van der Waals surface area contributed by atoms with E-state index in [0.29, 0.717) is 17.5 Å². The van der Waals surface area contributed by atoms with Gasteiger partial charge in [0.1, 0.15) is 11.2 Å². The van der Waals surface area contributed by atoms with E-state index in [2.05, 4.69) is 150 Å². The molecule has 11 aromatic rings. The first-order valence-electron chi connectivity index (χ1n) is 18.1. The lowest BCUT2D eigenvalue weighted by Gasteiger charge is -2.13. The largest absolute Gasteiger partial charge is 0.456 e. The van der Waals surface area contributed by atoms with Crippen LogP contribution in [0.4, 0.5) is 0 Å². The number of rotatable bonds is 5. The van der Waals surface area contributed by atoms with Crippen molar-refractivity contribution >= 4 is 54.5 Å². The van der Waals surface area contributed by atoms with Crippen molar-refractivity contribution in [3.63, 3.8) is 0 Å². The lowest BCUT2D eigenvalue weighted by atomic mass is 9.99. The minimum absolute atomic E-state index is 0.582. The maximum absolute atomic E-state index is 6.28. The average molecular weight is 691 g/mol. The van der Waals surface area contributed by atoms with Crippen molar-refractivity contribution in [2.45, 2.75) is 0 Å². The van der Waals surface area contributed by atoms with E-state index in [1.54, 1.807) is 0 Å². The third-order valence-corrected chi connectivity index (χ3v) is 10.4. The molecule has 54 heavy (non-hydrogen) atoms. The molecule has 0 amide bonds. The number of hydrogen-bond donors (Lipinski definition) is 0. The van der Waals surface area contributed by atoms with Crippen LogP contribution in [0.2, 0.25) is 0 Å². The molecule has 0 atom stereocenters. The van der Waals surface area contributed by atoms with Crippen LogP contribution in [0.5, 0.6) is 0 Å². The summed E-state index contributed by atoms with van der Waals surface area (Å²) >= 11 is 0. The van der Waals surface area contributed by atoms with Gasteiger partial charge in [-0.15, -0.1) is 0 Å². The monoisotopic (exact) mass is 690 g/mol. The van der Waals surface area contributed by atoms with Crippen LogP contribution in [0.1, 0.15) is 0 Å². The maximum atomic E-state index is 6.28. The van der Waals surface area contributed by atoms with Gasteiger partial charge < -0.3 is 8.98 Å². The van der Waals surface area contributed by atoms with Crippen LogP contribution in [0, 0.1) is 0 Å². The van der Waals surface area contributed by atoms with Crippen LogP contribution >= 0.6 is 0 Å². The van der Waals surface area contributed by atoms with Gasteiger partial charge in [-0.05, 0) is 82.6 Å². The van der Waals surface area contributed by atoms with Crippen molar-refractivity contribution in [3.05, 3.63) is 182 Å². The van der Waals surface area contributed by atoms with E-state index >= 15 is 0 Å². The molecule has 5 nitrogen and oxygen atoms in total. The molecule has 3 heterocycles. The fraction of sp³-hybridized carbons (Fsp3) is 0. The van der Waals surface area contributed by atoms with E-state index in [4.69, 9.17) is 19.4 Å². The summed E-state index contributed by atoms with van der Waals surface area (Å²) in [4.78, 5) is 15.4. The standard InChI is InChI=1S/C49H30N4O/c1-2-12-31(13-3-1)37-16-6-7-19-41(37)49-51-47(50-48(52-49)35-24-27-40-39-18-9-11-21-45(39)54-46(40)30-35)32-22-25-36(26-23-32)53-43-20-10-8-17-38(43)42-28-33-14-4-5-15-34(33)29-44(42)53/h1-30H. The number of benzene rings is 8. The van der Waals surface area contributed by atoms with Crippen molar-refractivity contribution in [2.75, 3.05) is 0 Å². The summed E-state index contributed by atoms with van der Waals surface area (Å²) in [5, 5.41) is 7.06. The first-order valence-corrected chi connectivity index (χ1v) is 18.1. The highest BCUT2D eigenvalue weighted by atomic mass is 16.3. The van der Waals surface area contributed by atoms with Crippen molar-refractivity contribution < 1.29 is 4.42 Å². The fourth-order valence-corrected chi connectivity index (χ4v) is 7.86. The zero-order chi connectivity index (χ0) is 35.6. The Labute approximate surface area is 310 Å². The molecule has 252 valence electrons. The van der Waals surface area contributed by atoms with Crippen LogP contribution < -0.4 is 0 Å². The van der Waals surface area contributed by atoms with E-state index in [0.717, 1.165) is 55.4 Å². The van der Waals surface area contributed by atoms with Crippen LogP contribution in [0.25, 0.3) is 105 Å². The first kappa shape index (κ1) is 30.3. The summed E-state index contributed by atoms with van der Waals surface area (Å²) in [6.45, 7) is 0. The molecule has 0 aliphatic heterocycles. The Balaban J connectivity index is 1.08. The van der Waals surface area contributed by atoms with Gasteiger partial charge in [-0.3, -0.25) is 0 Å². The predicted molar refractivity (Wildman–Crippen MR) is 221 cm³/mol. The van der Waals surface area contributed by atoms with Crippen molar-refractivity contribution in [1.82, 2.24) is 19.5 Å². The van der Waals surface area contributed by atoms with Crippen LogP contribution in [-0.2, 0) is 0 Å². The molecule has 8 aromatic carbocycles. The van der Waals surface area contributed by atoms with Gasteiger partial charge in [0.05, 0.1) is 11.0 Å². The Bertz CT molecular complexity index is 3210. The molecule has 0 bridgehead atoms. The summed E-state index contributed by atoms with van der Waals surface area (Å²) in [6.07, 6.45) is 0. The van der Waals surface area contributed by atoms with Gasteiger partial charge in [-0.2, -0.15) is 0 Å². The van der Waals surface area contributed by atoms with E-state index in [1.165, 1.54) is 32.6 Å². The van der Waals surface area contributed by atoms with Crippen molar-refractivity contribution in [1.29, 1.82) is 0 Å². The second-order valence-electron chi connectivity index (χ2n) is 13.6. The summed E-state index contributed by atoms with van der Waals surface area (Å²) in [7, 11) is 0. The summed E-state index contributed by atoms with van der Waals surface area (Å²) in [5.74, 6) is 1.79. The number of nitrogens with zero attached hydrogens (tertiary/aromatic N) is 4. The smallest absolute Gasteiger partial charge is 0.164 e. The molecule has 5 heteroatoms. The zero-order valence-corrected chi connectivity index (χ0v) is 29.0. The third kappa shape index (κ3) is 4.90. The molecule has 11 rings (SSSR count). The Morgan fingerprint density at radius 3 is 1.80 bits per heavy atom. The third-order valence-electron chi connectivity index (χ3n) is 10.4.